The van der Waals surface area contributed by atoms with Crippen molar-refractivity contribution in [1.29, 1.82) is 0 Å². The third-order valence-electron chi connectivity index (χ3n) is 1.16. The van der Waals surface area contributed by atoms with Crippen LogP contribution < -0.4 is 4.52 Å². The smallest absolute Gasteiger partial charge is 0.292 e. The second-order valence-corrected chi connectivity index (χ2v) is 11.6. The van der Waals surface area contributed by atoms with Crippen LogP contribution in [-0.4, -0.2) is 0 Å². The first-order valence-electron chi connectivity index (χ1n) is 3.12. The normalized spacial score (nSPS) is 11.6. The zero-order valence-electron chi connectivity index (χ0n) is 6.28. The molecule has 0 heterocycles. The van der Waals surface area contributed by atoms with Crippen molar-refractivity contribution in [2.45, 2.75) is 0 Å². The molecule has 0 aliphatic heterocycles. The lowest BCUT2D eigenvalue weighted by Gasteiger charge is -2.07. The minimum atomic E-state index is -2.87. The molecule has 1 aromatic rings. The number of hydrogen-bond acceptors (Lipinski definition) is 1. The largest absolute Gasteiger partial charge is 0.481 e. The fraction of sp³-hybridized carbons (Fsp3) is 0. The Bertz CT molecular complexity index is 332. The highest BCUT2D eigenvalue weighted by molar-refractivity contribution is 9.11. The molecule has 0 spiro atoms. The molecule has 78 valence electrons. The van der Waals surface area contributed by atoms with Crippen molar-refractivity contribution in [3.05, 3.63) is 25.6 Å². The van der Waals surface area contributed by atoms with Gasteiger partial charge >= 0.3 is 5.55 Å². The predicted molar refractivity (Wildman–Crippen MR) is 74.6 cm³/mol. The summed E-state index contributed by atoms with van der Waals surface area (Å²) in [4.78, 5) is 0. The van der Waals surface area contributed by atoms with Crippen LogP contribution in [0.3, 0.4) is 0 Å². The summed E-state index contributed by atoms with van der Waals surface area (Å²) < 4.78 is 7.53. The van der Waals surface area contributed by atoms with Gasteiger partial charge in [-0.2, -0.15) is 0 Å². The quantitative estimate of drug-likeness (QED) is 0.438. The summed E-state index contributed by atoms with van der Waals surface area (Å²) in [5, 5.41) is 0. The molecule has 14 heavy (non-hydrogen) atoms. The van der Waals surface area contributed by atoms with E-state index >= 15 is 0 Å². The molecular formula is C6H2Br3Cl3OP+. The molecule has 0 bridgehead atoms. The average Bonchev–Trinajstić information content (AvgIpc) is 1.95. The van der Waals surface area contributed by atoms with E-state index < -0.39 is 5.55 Å². The summed E-state index contributed by atoms with van der Waals surface area (Å²) in [6.07, 6.45) is 0. The lowest BCUT2D eigenvalue weighted by molar-refractivity contribution is 0.624. The summed E-state index contributed by atoms with van der Waals surface area (Å²) in [7, 11) is 0. The van der Waals surface area contributed by atoms with E-state index in [4.69, 9.17) is 38.2 Å². The summed E-state index contributed by atoms with van der Waals surface area (Å²) in [6, 6.07) is 3.61. The van der Waals surface area contributed by atoms with E-state index in [1.165, 1.54) is 0 Å². The van der Waals surface area contributed by atoms with Gasteiger partial charge in [-0.05, 0) is 44.0 Å². The van der Waals surface area contributed by atoms with Gasteiger partial charge in [-0.15, -0.1) is 0 Å². The van der Waals surface area contributed by atoms with Gasteiger partial charge in [0.2, 0.25) is 5.75 Å². The van der Waals surface area contributed by atoms with Crippen LogP contribution in [0.4, 0.5) is 0 Å². The zero-order chi connectivity index (χ0) is 10.9. The summed E-state index contributed by atoms with van der Waals surface area (Å²) in [6.45, 7) is 0. The van der Waals surface area contributed by atoms with Crippen molar-refractivity contribution < 1.29 is 4.52 Å². The highest BCUT2D eigenvalue weighted by Crippen LogP contribution is 2.74. The van der Waals surface area contributed by atoms with Gasteiger partial charge in [0.25, 0.3) is 0 Å². The van der Waals surface area contributed by atoms with E-state index in [9.17, 15) is 0 Å². The average molecular weight is 467 g/mol. The molecule has 0 saturated carbocycles. The highest BCUT2D eigenvalue weighted by Gasteiger charge is 2.38. The third kappa shape index (κ3) is 4.32. The molecular weight excluding hydrogens is 465 g/mol. The maximum atomic E-state index is 5.62. The van der Waals surface area contributed by atoms with Crippen molar-refractivity contribution in [2.24, 2.45) is 0 Å². The van der Waals surface area contributed by atoms with E-state index in [-0.39, 0.29) is 0 Å². The fourth-order valence-corrected chi connectivity index (χ4v) is 4.42. The van der Waals surface area contributed by atoms with E-state index in [1.807, 2.05) is 0 Å². The molecule has 1 nitrogen and oxygen atoms in total. The molecule has 0 aliphatic carbocycles. The molecule has 0 atom stereocenters. The molecule has 0 amide bonds. The van der Waals surface area contributed by atoms with Crippen LogP contribution in [0, 0.1) is 0 Å². The van der Waals surface area contributed by atoms with Crippen molar-refractivity contribution in [1.82, 2.24) is 0 Å². The molecule has 0 N–H and O–H groups in total. The number of hydrogen-bond donors (Lipinski definition) is 0. The van der Waals surface area contributed by atoms with Gasteiger partial charge in [-0.1, -0.05) is 15.9 Å². The molecule has 0 aliphatic rings. The van der Waals surface area contributed by atoms with Crippen molar-refractivity contribution in [3.8, 4) is 5.75 Å². The van der Waals surface area contributed by atoms with Crippen molar-refractivity contribution in [3.63, 3.8) is 0 Å². The monoisotopic (exact) mass is 463 g/mol. The maximum Gasteiger partial charge on any atom is 0.481 e. The summed E-state index contributed by atoms with van der Waals surface area (Å²) in [5.41, 5.74) is -2.87. The molecule has 1 aromatic carbocycles. The van der Waals surface area contributed by atoms with E-state index in [0.717, 1.165) is 4.47 Å². The van der Waals surface area contributed by atoms with Crippen LogP contribution in [0.5, 0.6) is 5.75 Å². The Hall–Kier alpha value is 1.76. The molecule has 8 heteroatoms. The first-order valence-corrected chi connectivity index (χ1v) is 9.92. The molecule has 0 saturated heterocycles. The molecule has 1 rings (SSSR count). The second kappa shape index (κ2) is 5.39. The Balaban J connectivity index is 3.09. The van der Waals surface area contributed by atoms with Gasteiger partial charge in [0.05, 0.1) is 8.95 Å². The topological polar surface area (TPSA) is 9.23 Å². The molecule has 0 fully saturated rings. The van der Waals surface area contributed by atoms with Crippen LogP contribution in [0.15, 0.2) is 25.6 Å². The van der Waals surface area contributed by atoms with E-state index in [2.05, 4.69) is 47.8 Å². The minimum absolute atomic E-state index is 0.488. The van der Waals surface area contributed by atoms with Gasteiger partial charge in [-0.25, -0.2) is 0 Å². The summed E-state index contributed by atoms with van der Waals surface area (Å²) in [5.74, 6) is 0.488. The first-order chi connectivity index (χ1) is 6.29. The molecule has 0 unspecified atom stereocenters. The maximum absolute atomic E-state index is 5.62. The predicted octanol–water partition coefficient (Wildman–Crippen LogP) is 6.75. The lowest BCUT2D eigenvalue weighted by Crippen LogP contribution is -1.86. The molecule has 0 aromatic heterocycles. The minimum Gasteiger partial charge on any atom is -0.292 e. The second-order valence-electron chi connectivity index (χ2n) is 2.19. The Labute approximate surface area is 122 Å². The van der Waals surface area contributed by atoms with E-state index in [1.54, 1.807) is 12.1 Å². The standard InChI is InChI=1S/C6H2Br3Cl3OP/c7-3-1-4(8)6(5(9)2-3)13-14(10,11)12/h1-2H/q+1. The van der Waals surface area contributed by atoms with E-state index in [0.29, 0.717) is 14.7 Å². The zero-order valence-corrected chi connectivity index (χ0v) is 14.2. The van der Waals surface area contributed by atoms with Crippen LogP contribution >= 0.6 is 87.1 Å². The SMILES string of the molecule is Cl[P+](Cl)(Cl)Oc1c(Br)cc(Br)cc1Br. The van der Waals surface area contributed by atoms with Crippen LogP contribution in [0.2, 0.25) is 0 Å². The van der Waals surface area contributed by atoms with Gasteiger partial charge in [0.1, 0.15) is 0 Å². The first kappa shape index (κ1) is 13.8. The Morgan fingerprint density at radius 1 is 1.00 bits per heavy atom. The van der Waals surface area contributed by atoms with Gasteiger partial charge in [-0.3, -0.25) is 4.52 Å². The van der Waals surface area contributed by atoms with Crippen molar-refractivity contribution >= 4 is 87.1 Å². The van der Waals surface area contributed by atoms with Gasteiger partial charge in [0, 0.05) is 4.47 Å². The van der Waals surface area contributed by atoms with Crippen LogP contribution in [-0.2, 0) is 0 Å². The highest BCUT2D eigenvalue weighted by atomic mass is 79.9. The Morgan fingerprint density at radius 3 is 1.79 bits per heavy atom. The lowest BCUT2D eigenvalue weighted by atomic mass is 10.3. The fourth-order valence-electron chi connectivity index (χ4n) is 0.720. The number of halogens is 6. The van der Waals surface area contributed by atoms with Gasteiger partial charge in [0.15, 0.2) is 33.7 Å². The Kier molecular flexibility index (Phi) is 5.33. The summed E-state index contributed by atoms with van der Waals surface area (Å²) >= 11 is 26.8. The van der Waals surface area contributed by atoms with Crippen LogP contribution in [0.1, 0.15) is 0 Å². The number of benzene rings is 1. The van der Waals surface area contributed by atoms with Gasteiger partial charge < -0.3 is 0 Å². The molecule has 0 radical (unpaired) electrons. The number of rotatable bonds is 2. The van der Waals surface area contributed by atoms with Crippen LogP contribution in [0.25, 0.3) is 0 Å². The third-order valence-corrected chi connectivity index (χ3v) is 3.80. The Morgan fingerprint density at radius 2 is 1.43 bits per heavy atom. The van der Waals surface area contributed by atoms with Crippen molar-refractivity contribution in [2.75, 3.05) is 0 Å².